The SMILES string of the molecule is CC(C)c1nc2c(c(=O)[nH]1)CCC2. The highest BCUT2D eigenvalue weighted by molar-refractivity contribution is 5.23. The summed E-state index contributed by atoms with van der Waals surface area (Å²) in [6, 6.07) is 0. The van der Waals surface area contributed by atoms with Crippen molar-refractivity contribution in [2.45, 2.75) is 39.0 Å². The Kier molecular flexibility index (Phi) is 1.94. The van der Waals surface area contributed by atoms with Crippen LogP contribution in [0, 0.1) is 0 Å². The molecule has 3 nitrogen and oxygen atoms in total. The third kappa shape index (κ3) is 1.39. The molecule has 3 heteroatoms. The minimum Gasteiger partial charge on any atom is -0.310 e. The number of fused-ring (bicyclic) bond motifs is 1. The van der Waals surface area contributed by atoms with Crippen molar-refractivity contribution >= 4 is 0 Å². The summed E-state index contributed by atoms with van der Waals surface area (Å²) in [7, 11) is 0. The molecule has 0 spiro atoms. The van der Waals surface area contributed by atoms with Crippen LogP contribution < -0.4 is 5.56 Å². The molecule has 0 radical (unpaired) electrons. The van der Waals surface area contributed by atoms with Crippen LogP contribution in [0.5, 0.6) is 0 Å². The van der Waals surface area contributed by atoms with Crippen LogP contribution in [0.4, 0.5) is 0 Å². The maximum absolute atomic E-state index is 11.5. The smallest absolute Gasteiger partial charge is 0.254 e. The summed E-state index contributed by atoms with van der Waals surface area (Å²) in [4.78, 5) is 18.8. The van der Waals surface area contributed by atoms with Crippen LogP contribution >= 0.6 is 0 Å². The Labute approximate surface area is 77.2 Å². The molecule has 0 aromatic carbocycles. The summed E-state index contributed by atoms with van der Waals surface area (Å²) >= 11 is 0. The van der Waals surface area contributed by atoms with Crippen LogP contribution in [-0.4, -0.2) is 9.97 Å². The molecule has 13 heavy (non-hydrogen) atoms. The second-order valence-corrected chi connectivity index (χ2v) is 3.88. The number of rotatable bonds is 1. The van der Waals surface area contributed by atoms with E-state index in [0.717, 1.165) is 36.3 Å². The average Bonchev–Trinajstić information content (AvgIpc) is 2.51. The zero-order valence-electron chi connectivity index (χ0n) is 8.05. The molecular weight excluding hydrogens is 164 g/mol. The Bertz CT molecular complexity index is 379. The lowest BCUT2D eigenvalue weighted by Gasteiger charge is -2.05. The zero-order valence-corrected chi connectivity index (χ0v) is 8.05. The lowest BCUT2D eigenvalue weighted by molar-refractivity contribution is 0.752. The molecule has 1 heterocycles. The Hall–Kier alpha value is -1.12. The van der Waals surface area contributed by atoms with Crippen molar-refractivity contribution in [3.8, 4) is 0 Å². The van der Waals surface area contributed by atoms with Gasteiger partial charge in [0.25, 0.3) is 5.56 Å². The van der Waals surface area contributed by atoms with Gasteiger partial charge < -0.3 is 4.98 Å². The van der Waals surface area contributed by atoms with Gasteiger partial charge in [0.15, 0.2) is 0 Å². The van der Waals surface area contributed by atoms with Crippen molar-refractivity contribution in [3.05, 3.63) is 27.4 Å². The van der Waals surface area contributed by atoms with E-state index in [4.69, 9.17) is 0 Å². The molecule has 0 aliphatic heterocycles. The van der Waals surface area contributed by atoms with Gasteiger partial charge in [0.1, 0.15) is 5.82 Å². The fourth-order valence-electron chi connectivity index (χ4n) is 1.73. The van der Waals surface area contributed by atoms with Gasteiger partial charge in [-0.3, -0.25) is 4.79 Å². The molecule has 1 N–H and O–H groups in total. The Balaban J connectivity index is 2.56. The zero-order chi connectivity index (χ0) is 9.42. The maximum atomic E-state index is 11.5. The topological polar surface area (TPSA) is 45.8 Å². The Morgan fingerprint density at radius 3 is 2.85 bits per heavy atom. The highest BCUT2D eigenvalue weighted by atomic mass is 16.1. The molecule has 0 atom stereocenters. The third-order valence-corrected chi connectivity index (χ3v) is 2.51. The fourth-order valence-corrected chi connectivity index (χ4v) is 1.73. The second-order valence-electron chi connectivity index (χ2n) is 3.88. The molecule has 1 aliphatic rings. The molecular formula is C10H14N2O. The second kappa shape index (κ2) is 2.98. The predicted molar refractivity (Wildman–Crippen MR) is 51.0 cm³/mol. The summed E-state index contributed by atoms with van der Waals surface area (Å²) in [5, 5.41) is 0. The van der Waals surface area contributed by atoms with Gasteiger partial charge in [-0.2, -0.15) is 0 Å². The molecule has 0 saturated heterocycles. The van der Waals surface area contributed by atoms with Gasteiger partial charge in [0, 0.05) is 11.5 Å². The van der Waals surface area contributed by atoms with Crippen molar-refractivity contribution in [1.29, 1.82) is 0 Å². The first-order valence-electron chi connectivity index (χ1n) is 4.80. The van der Waals surface area contributed by atoms with E-state index >= 15 is 0 Å². The molecule has 0 bridgehead atoms. The van der Waals surface area contributed by atoms with Gasteiger partial charge in [-0.05, 0) is 19.3 Å². The summed E-state index contributed by atoms with van der Waals surface area (Å²) in [6.45, 7) is 4.08. The number of nitrogens with one attached hydrogen (secondary N) is 1. The molecule has 2 rings (SSSR count). The van der Waals surface area contributed by atoms with Crippen molar-refractivity contribution in [1.82, 2.24) is 9.97 Å². The monoisotopic (exact) mass is 178 g/mol. The van der Waals surface area contributed by atoms with E-state index in [1.165, 1.54) is 0 Å². The fraction of sp³-hybridized carbons (Fsp3) is 0.600. The summed E-state index contributed by atoms with van der Waals surface area (Å²) < 4.78 is 0. The lowest BCUT2D eigenvalue weighted by atomic mass is 10.2. The van der Waals surface area contributed by atoms with Gasteiger partial charge in [-0.1, -0.05) is 13.8 Å². The minimum atomic E-state index is 0.0752. The van der Waals surface area contributed by atoms with E-state index in [1.54, 1.807) is 0 Å². The molecule has 70 valence electrons. The predicted octanol–water partition coefficient (Wildman–Crippen LogP) is 1.38. The number of H-pyrrole nitrogens is 1. The minimum absolute atomic E-state index is 0.0752. The average molecular weight is 178 g/mol. The van der Waals surface area contributed by atoms with Crippen molar-refractivity contribution in [3.63, 3.8) is 0 Å². The largest absolute Gasteiger partial charge is 0.310 e. The van der Waals surface area contributed by atoms with Gasteiger partial charge >= 0.3 is 0 Å². The normalized spacial score (nSPS) is 15.0. The summed E-state index contributed by atoms with van der Waals surface area (Å²) in [6.07, 6.45) is 2.95. The third-order valence-electron chi connectivity index (χ3n) is 2.51. The number of aryl methyl sites for hydroxylation is 1. The molecule has 0 unspecified atom stereocenters. The van der Waals surface area contributed by atoms with Crippen LogP contribution in [-0.2, 0) is 12.8 Å². The molecule has 0 fully saturated rings. The first-order chi connectivity index (χ1) is 6.18. The Morgan fingerprint density at radius 1 is 1.38 bits per heavy atom. The van der Waals surface area contributed by atoms with Gasteiger partial charge in [0.2, 0.25) is 0 Å². The van der Waals surface area contributed by atoms with Crippen LogP contribution in [0.25, 0.3) is 0 Å². The maximum Gasteiger partial charge on any atom is 0.254 e. The quantitative estimate of drug-likeness (QED) is 0.706. The van der Waals surface area contributed by atoms with Gasteiger partial charge in [-0.25, -0.2) is 4.98 Å². The number of hydrogen-bond acceptors (Lipinski definition) is 2. The van der Waals surface area contributed by atoms with E-state index < -0.39 is 0 Å². The van der Waals surface area contributed by atoms with E-state index in [-0.39, 0.29) is 5.56 Å². The number of aromatic amines is 1. The van der Waals surface area contributed by atoms with E-state index in [2.05, 4.69) is 9.97 Å². The molecule has 1 aromatic heterocycles. The Morgan fingerprint density at radius 2 is 2.15 bits per heavy atom. The van der Waals surface area contributed by atoms with Gasteiger partial charge in [-0.15, -0.1) is 0 Å². The van der Waals surface area contributed by atoms with E-state index in [9.17, 15) is 4.79 Å². The first-order valence-corrected chi connectivity index (χ1v) is 4.80. The van der Waals surface area contributed by atoms with Crippen LogP contribution in [0.1, 0.15) is 43.3 Å². The molecule has 0 amide bonds. The highest BCUT2D eigenvalue weighted by Gasteiger charge is 2.17. The molecule has 1 aromatic rings. The number of nitrogens with zero attached hydrogens (tertiary/aromatic N) is 1. The van der Waals surface area contributed by atoms with Crippen molar-refractivity contribution < 1.29 is 0 Å². The lowest BCUT2D eigenvalue weighted by Crippen LogP contribution is -2.17. The number of hydrogen-bond donors (Lipinski definition) is 1. The van der Waals surface area contributed by atoms with Crippen LogP contribution in [0.2, 0.25) is 0 Å². The van der Waals surface area contributed by atoms with Crippen LogP contribution in [0.3, 0.4) is 0 Å². The van der Waals surface area contributed by atoms with E-state index in [1.807, 2.05) is 13.8 Å². The van der Waals surface area contributed by atoms with Crippen molar-refractivity contribution in [2.24, 2.45) is 0 Å². The van der Waals surface area contributed by atoms with Crippen LogP contribution in [0.15, 0.2) is 4.79 Å². The molecule has 1 aliphatic carbocycles. The number of aromatic nitrogens is 2. The standard InChI is InChI=1S/C10H14N2O/c1-6(2)9-11-8-5-3-4-7(8)10(13)12-9/h6H,3-5H2,1-2H3,(H,11,12,13). The highest BCUT2D eigenvalue weighted by Crippen LogP contribution is 2.17. The first kappa shape index (κ1) is 8.48. The van der Waals surface area contributed by atoms with Gasteiger partial charge in [0.05, 0.1) is 5.69 Å². The summed E-state index contributed by atoms with van der Waals surface area (Å²) in [5.41, 5.74) is 2.00. The van der Waals surface area contributed by atoms with Crippen molar-refractivity contribution in [2.75, 3.05) is 0 Å². The molecule has 0 saturated carbocycles. The van der Waals surface area contributed by atoms with E-state index in [0.29, 0.717) is 5.92 Å². The summed E-state index contributed by atoms with van der Waals surface area (Å²) in [5.74, 6) is 1.13.